The predicted molar refractivity (Wildman–Crippen MR) is 46.3 cm³/mol. The summed E-state index contributed by atoms with van der Waals surface area (Å²) in [7, 11) is 1.58. The Balaban J connectivity index is 2.32. The van der Waals surface area contributed by atoms with E-state index in [1.54, 1.807) is 13.2 Å². The highest BCUT2D eigenvalue weighted by atomic mass is 16.5. The molecular weight excluding hydrogens is 170 g/mol. The zero-order valence-corrected chi connectivity index (χ0v) is 7.36. The van der Waals surface area contributed by atoms with Crippen LogP contribution in [-0.4, -0.2) is 23.9 Å². The van der Waals surface area contributed by atoms with E-state index in [-0.39, 0.29) is 6.10 Å². The van der Waals surface area contributed by atoms with E-state index in [1.807, 2.05) is 0 Å². The molecule has 1 fully saturated rings. The molecular formula is C8H11N3O2. The van der Waals surface area contributed by atoms with Gasteiger partial charge in [-0.25, -0.2) is 0 Å². The van der Waals surface area contributed by atoms with Gasteiger partial charge < -0.3 is 15.2 Å². The number of nitrogen functional groups attached to an aromatic ring is 1. The number of rotatable bonds is 2. The van der Waals surface area contributed by atoms with Crippen LogP contribution in [0.1, 0.15) is 18.2 Å². The van der Waals surface area contributed by atoms with Gasteiger partial charge in [0.15, 0.2) is 0 Å². The van der Waals surface area contributed by atoms with Crippen LogP contribution in [0.15, 0.2) is 6.07 Å². The standard InChI is InChI=1S/C8H11N3O2/c1-12-6-4-7(9)10-11-8(6)5-2-3-13-5/h4-5H,2-3H2,1H3,(H2,9,10). The van der Waals surface area contributed by atoms with E-state index in [1.165, 1.54) is 0 Å². The highest BCUT2D eigenvalue weighted by Crippen LogP contribution is 2.33. The molecule has 2 N–H and O–H groups in total. The van der Waals surface area contributed by atoms with Crippen molar-refractivity contribution in [3.8, 4) is 5.75 Å². The van der Waals surface area contributed by atoms with Crippen molar-refractivity contribution >= 4 is 5.82 Å². The lowest BCUT2D eigenvalue weighted by atomic mass is 10.1. The first-order valence-corrected chi connectivity index (χ1v) is 4.10. The average Bonchev–Trinajstić information content (AvgIpc) is 2.05. The van der Waals surface area contributed by atoms with Crippen LogP contribution in [0, 0.1) is 0 Å². The van der Waals surface area contributed by atoms with Crippen LogP contribution in [-0.2, 0) is 4.74 Å². The first-order valence-electron chi connectivity index (χ1n) is 4.10. The molecule has 0 saturated carbocycles. The first-order chi connectivity index (χ1) is 6.31. The average molecular weight is 181 g/mol. The number of anilines is 1. The van der Waals surface area contributed by atoms with Gasteiger partial charge in [0.05, 0.1) is 13.7 Å². The molecule has 1 unspecified atom stereocenters. The van der Waals surface area contributed by atoms with Gasteiger partial charge in [-0.2, -0.15) is 0 Å². The summed E-state index contributed by atoms with van der Waals surface area (Å²) < 4.78 is 10.4. The van der Waals surface area contributed by atoms with E-state index in [0.717, 1.165) is 18.7 Å². The van der Waals surface area contributed by atoms with Crippen molar-refractivity contribution in [1.29, 1.82) is 0 Å². The maximum Gasteiger partial charge on any atom is 0.149 e. The van der Waals surface area contributed by atoms with Gasteiger partial charge in [-0.3, -0.25) is 0 Å². The molecule has 1 aliphatic rings. The summed E-state index contributed by atoms with van der Waals surface area (Å²) in [5, 5.41) is 7.70. The van der Waals surface area contributed by atoms with Crippen LogP contribution in [0.25, 0.3) is 0 Å². The topological polar surface area (TPSA) is 70.3 Å². The van der Waals surface area contributed by atoms with Crippen molar-refractivity contribution in [1.82, 2.24) is 10.2 Å². The summed E-state index contributed by atoms with van der Waals surface area (Å²) in [4.78, 5) is 0. The maximum atomic E-state index is 5.47. The Morgan fingerprint density at radius 3 is 2.92 bits per heavy atom. The van der Waals surface area contributed by atoms with Crippen molar-refractivity contribution in [2.24, 2.45) is 0 Å². The molecule has 0 spiro atoms. The molecule has 2 heterocycles. The molecule has 1 saturated heterocycles. The van der Waals surface area contributed by atoms with E-state index >= 15 is 0 Å². The molecule has 5 heteroatoms. The number of nitrogens with two attached hydrogens (primary N) is 1. The second kappa shape index (κ2) is 3.18. The van der Waals surface area contributed by atoms with Crippen molar-refractivity contribution in [2.75, 3.05) is 19.5 Å². The molecule has 1 aromatic heterocycles. The molecule has 0 radical (unpaired) electrons. The third-order valence-electron chi connectivity index (χ3n) is 2.03. The summed E-state index contributed by atoms with van der Waals surface area (Å²) >= 11 is 0. The van der Waals surface area contributed by atoms with Crippen LogP contribution in [0.3, 0.4) is 0 Å². The fraction of sp³-hybridized carbons (Fsp3) is 0.500. The number of hydrogen-bond acceptors (Lipinski definition) is 5. The number of methoxy groups -OCH3 is 1. The SMILES string of the molecule is COc1cc(N)nnc1C1CCO1. The Hall–Kier alpha value is -1.36. The first kappa shape index (κ1) is 8.25. The zero-order chi connectivity index (χ0) is 9.26. The fourth-order valence-electron chi connectivity index (χ4n) is 1.24. The molecule has 0 aliphatic carbocycles. The third kappa shape index (κ3) is 1.42. The summed E-state index contributed by atoms with van der Waals surface area (Å²) in [6, 6.07) is 1.66. The van der Waals surface area contributed by atoms with E-state index in [0.29, 0.717) is 11.6 Å². The summed E-state index contributed by atoms with van der Waals surface area (Å²) in [6.07, 6.45) is 0.998. The number of hydrogen-bond donors (Lipinski definition) is 1. The maximum absolute atomic E-state index is 5.47. The van der Waals surface area contributed by atoms with Crippen molar-refractivity contribution in [3.05, 3.63) is 11.8 Å². The van der Waals surface area contributed by atoms with Gasteiger partial charge in [0.1, 0.15) is 23.4 Å². The van der Waals surface area contributed by atoms with Crippen molar-refractivity contribution < 1.29 is 9.47 Å². The summed E-state index contributed by atoms with van der Waals surface area (Å²) in [6.45, 7) is 0.778. The minimum absolute atomic E-state index is 0.0306. The Labute approximate surface area is 75.9 Å². The molecule has 1 aliphatic heterocycles. The van der Waals surface area contributed by atoms with Gasteiger partial charge in [-0.1, -0.05) is 0 Å². The largest absolute Gasteiger partial charge is 0.495 e. The molecule has 1 atom stereocenters. The molecule has 0 amide bonds. The molecule has 0 aromatic carbocycles. The highest BCUT2D eigenvalue weighted by molar-refractivity contribution is 5.39. The van der Waals surface area contributed by atoms with Gasteiger partial charge in [0.25, 0.3) is 0 Å². The van der Waals surface area contributed by atoms with E-state index in [4.69, 9.17) is 15.2 Å². The monoisotopic (exact) mass is 181 g/mol. The van der Waals surface area contributed by atoms with E-state index in [2.05, 4.69) is 10.2 Å². The van der Waals surface area contributed by atoms with Crippen LogP contribution in [0.4, 0.5) is 5.82 Å². The summed E-state index contributed by atoms with van der Waals surface area (Å²) in [5.41, 5.74) is 6.21. The van der Waals surface area contributed by atoms with Crippen molar-refractivity contribution in [2.45, 2.75) is 12.5 Å². The van der Waals surface area contributed by atoms with Crippen LogP contribution in [0.2, 0.25) is 0 Å². The normalized spacial score (nSPS) is 20.8. The highest BCUT2D eigenvalue weighted by Gasteiger charge is 2.25. The van der Waals surface area contributed by atoms with Crippen molar-refractivity contribution in [3.63, 3.8) is 0 Å². The minimum atomic E-state index is 0.0306. The molecule has 13 heavy (non-hydrogen) atoms. The van der Waals surface area contributed by atoms with Crippen LogP contribution < -0.4 is 10.5 Å². The lowest BCUT2D eigenvalue weighted by Crippen LogP contribution is -2.20. The number of aromatic nitrogens is 2. The number of ether oxygens (including phenoxy) is 2. The summed E-state index contributed by atoms with van der Waals surface area (Å²) in [5.74, 6) is 1.01. The smallest absolute Gasteiger partial charge is 0.149 e. The predicted octanol–water partition coefficient (Wildman–Crippen LogP) is 0.529. The number of nitrogens with zero attached hydrogens (tertiary/aromatic N) is 2. The molecule has 0 bridgehead atoms. The van der Waals surface area contributed by atoms with Gasteiger partial charge in [-0.05, 0) is 0 Å². The van der Waals surface area contributed by atoms with Crippen LogP contribution >= 0.6 is 0 Å². The Kier molecular flexibility index (Phi) is 2.02. The molecule has 2 rings (SSSR count). The second-order valence-electron chi connectivity index (χ2n) is 2.87. The Morgan fingerprint density at radius 1 is 1.62 bits per heavy atom. The second-order valence-corrected chi connectivity index (χ2v) is 2.87. The quantitative estimate of drug-likeness (QED) is 0.720. The fourth-order valence-corrected chi connectivity index (χ4v) is 1.24. The van der Waals surface area contributed by atoms with Gasteiger partial charge in [-0.15, -0.1) is 10.2 Å². The van der Waals surface area contributed by atoms with Gasteiger partial charge >= 0.3 is 0 Å². The lowest BCUT2D eigenvalue weighted by Gasteiger charge is -2.26. The zero-order valence-electron chi connectivity index (χ0n) is 7.36. The molecule has 70 valence electrons. The van der Waals surface area contributed by atoms with E-state index in [9.17, 15) is 0 Å². The van der Waals surface area contributed by atoms with Crippen LogP contribution in [0.5, 0.6) is 5.75 Å². The van der Waals surface area contributed by atoms with Gasteiger partial charge in [0.2, 0.25) is 0 Å². The Bertz CT molecular complexity index is 312. The molecule has 5 nitrogen and oxygen atoms in total. The minimum Gasteiger partial charge on any atom is -0.495 e. The lowest BCUT2D eigenvalue weighted by molar-refractivity contribution is -0.0568. The van der Waals surface area contributed by atoms with Gasteiger partial charge in [0, 0.05) is 12.5 Å². The third-order valence-corrected chi connectivity index (χ3v) is 2.03. The molecule has 1 aromatic rings. The van der Waals surface area contributed by atoms with E-state index < -0.39 is 0 Å². The Morgan fingerprint density at radius 2 is 2.38 bits per heavy atom.